The van der Waals surface area contributed by atoms with Gasteiger partial charge in [0.1, 0.15) is 5.75 Å². The van der Waals surface area contributed by atoms with Crippen molar-refractivity contribution in [1.82, 2.24) is 0 Å². The largest absolute Gasteiger partial charge is 0.496 e. The monoisotopic (exact) mass is 390 g/mol. The van der Waals surface area contributed by atoms with E-state index in [0.717, 1.165) is 5.56 Å². The predicted molar refractivity (Wildman–Crippen MR) is 104 cm³/mol. The maximum Gasteiger partial charge on any atom is 0.170 e. The summed E-state index contributed by atoms with van der Waals surface area (Å²) in [6, 6.07) is 12.0. The number of ketones is 2. The normalized spacial score (nSPS) is 10.6. The van der Waals surface area contributed by atoms with Crippen LogP contribution in [-0.4, -0.2) is 43.6 Å². The molecule has 0 atom stereocenters. The molecule has 0 saturated heterocycles. The summed E-state index contributed by atoms with van der Waals surface area (Å²) in [7, 11) is 1.49. The zero-order valence-corrected chi connectivity index (χ0v) is 16.0. The number of benzene rings is 2. The molecule has 0 aromatic heterocycles. The molecule has 0 spiro atoms. The summed E-state index contributed by atoms with van der Waals surface area (Å²) in [6.07, 6.45) is 1.06. The Kier molecular flexibility index (Phi) is 8.45. The molecule has 0 aliphatic heterocycles. The number of methoxy groups -OCH3 is 1. The highest BCUT2D eigenvalue weighted by molar-refractivity contribution is 6.30. The van der Waals surface area contributed by atoms with Gasteiger partial charge in [0.2, 0.25) is 0 Å². The fourth-order valence-electron chi connectivity index (χ4n) is 2.63. The molecule has 5 nitrogen and oxygen atoms in total. The van der Waals surface area contributed by atoms with E-state index in [2.05, 4.69) is 0 Å². The minimum Gasteiger partial charge on any atom is -0.496 e. The lowest BCUT2D eigenvalue weighted by atomic mass is 9.98. The van der Waals surface area contributed by atoms with Crippen LogP contribution in [0.1, 0.15) is 39.1 Å². The first-order chi connectivity index (χ1) is 13.0. The minimum absolute atomic E-state index is 0.0362. The quantitative estimate of drug-likeness (QED) is 0.467. The Balaban J connectivity index is 2.08. The van der Waals surface area contributed by atoms with Gasteiger partial charge in [-0.2, -0.15) is 0 Å². The molecule has 0 bridgehead atoms. The molecule has 2 rings (SSSR count). The zero-order valence-electron chi connectivity index (χ0n) is 15.2. The molecule has 2 aromatic rings. The minimum atomic E-state index is -0.130. The summed E-state index contributed by atoms with van der Waals surface area (Å²) in [6.45, 7) is 0.635. The first-order valence-electron chi connectivity index (χ1n) is 8.72. The number of ether oxygens (including phenoxy) is 2. The highest BCUT2D eigenvalue weighted by Gasteiger charge is 2.16. The van der Waals surface area contributed by atoms with Crippen molar-refractivity contribution in [3.8, 4) is 5.75 Å². The lowest BCUT2D eigenvalue weighted by Crippen LogP contribution is -2.09. The van der Waals surface area contributed by atoms with Gasteiger partial charge in [-0.15, -0.1) is 0 Å². The average molecular weight is 391 g/mol. The number of hydrogen-bond acceptors (Lipinski definition) is 5. The summed E-state index contributed by atoms with van der Waals surface area (Å²) >= 11 is 5.87. The maximum absolute atomic E-state index is 12.7. The number of carbonyl (C=O) groups is 2. The number of Topliss-reactive ketones (excluding diaryl/α,β-unsaturated/α-hetero) is 2. The van der Waals surface area contributed by atoms with E-state index in [1.165, 1.54) is 7.11 Å². The van der Waals surface area contributed by atoms with E-state index in [9.17, 15) is 9.59 Å². The first kappa shape index (κ1) is 21.1. The van der Waals surface area contributed by atoms with Crippen molar-refractivity contribution in [3.05, 3.63) is 64.2 Å². The van der Waals surface area contributed by atoms with Crippen LogP contribution >= 0.6 is 11.6 Å². The Morgan fingerprint density at radius 3 is 2.44 bits per heavy atom. The summed E-state index contributed by atoms with van der Waals surface area (Å²) in [4.78, 5) is 25.1. The Morgan fingerprint density at radius 2 is 1.78 bits per heavy atom. The van der Waals surface area contributed by atoms with Crippen LogP contribution in [0.2, 0.25) is 5.02 Å². The lowest BCUT2D eigenvalue weighted by Gasteiger charge is -2.10. The predicted octanol–water partition coefficient (Wildman–Crippen LogP) is 3.75. The molecule has 0 saturated carbocycles. The summed E-state index contributed by atoms with van der Waals surface area (Å²) in [5.41, 5.74) is 1.69. The fourth-order valence-corrected chi connectivity index (χ4v) is 2.75. The third-order valence-electron chi connectivity index (χ3n) is 4.03. The van der Waals surface area contributed by atoms with Gasteiger partial charge in [-0.1, -0.05) is 23.7 Å². The number of halogens is 1. The van der Waals surface area contributed by atoms with Crippen LogP contribution in [0, 0.1) is 0 Å². The molecule has 27 heavy (non-hydrogen) atoms. The molecular weight excluding hydrogens is 368 g/mol. The Labute approximate surface area is 163 Å². The molecule has 2 aromatic carbocycles. The van der Waals surface area contributed by atoms with Crippen LogP contribution in [0.4, 0.5) is 0 Å². The van der Waals surface area contributed by atoms with Gasteiger partial charge in [0.25, 0.3) is 0 Å². The van der Waals surface area contributed by atoms with Gasteiger partial charge in [-0.05, 0) is 42.3 Å². The van der Waals surface area contributed by atoms with Crippen LogP contribution in [0.15, 0.2) is 42.5 Å². The molecule has 0 aliphatic carbocycles. The molecule has 6 heteroatoms. The molecule has 0 fully saturated rings. The van der Waals surface area contributed by atoms with Crippen molar-refractivity contribution < 1.29 is 24.2 Å². The number of aliphatic hydroxyl groups excluding tert-OH is 1. The Morgan fingerprint density at radius 1 is 1.04 bits per heavy atom. The molecule has 0 radical (unpaired) electrons. The van der Waals surface area contributed by atoms with E-state index in [1.54, 1.807) is 42.5 Å². The summed E-state index contributed by atoms with van der Waals surface area (Å²) < 4.78 is 10.4. The van der Waals surface area contributed by atoms with Gasteiger partial charge in [0.15, 0.2) is 11.6 Å². The fraction of sp³-hybridized carbons (Fsp3) is 0.333. The third-order valence-corrected chi connectivity index (χ3v) is 4.28. The highest BCUT2D eigenvalue weighted by atomic mass is 35.5. The zero-order chi connectivity index (χ0) is 19.6. The van der Waals surface area contributed by atoms with Gasteiger partial charge in [-0.25, -0.2) is 0 Å². The van der Waals surface area contributed by atoms with Crippen molar-refractivity contribution in [1.29, 1.82) is 0 Å². The summed E-state index contributed by atoms with van der Waals surface area (Å²) in [5, 5.41) is 9.27. The van der Waals surface area contributed by atoms with Crippen molar-refractivity contribution in [2.45, 2.75) is 19.3 Å². The van der Waals surface area contributed by atoms with E-state index in [1.807, 2.05) is 0 Å². The smallest absolute Gasteiger partial charge is 0.170 e. The third kappa shape index (κ3) is 6.47. The topological polar surface area (TPSA) is 72.8 Å². The molecule has 0 unspecified atom stereocenters. The van der Waals surface area contributed by atoms with Gasteiger partial charge in [0, 0.05) is 30.0 Å². The van der Waals surface area contributed by atoms with Crippen LogP contribution in [-0.2, 0) is 11.2 Å². The standard InChI is InChI=1S/C21H23ClO5/c1-26-21-9-6-16(19(24)3-2-11-27-12-10-23)14-18(21)20(25)13-15-4-7-17(22)8-5-15/h4-9,14,23H,2-3,10-13H2,1H3. The average Bonchev–Trinajstić information content (AvgIpc) is 2.68. The van der Waals surface area contributed by atoms with E-state index in [4.69, 9.17) is 26.2 Å². The highest BCUT2D eigenvalue weighted by Crippen LogP contribution is 2.23. The van der Waals surface area contributed by atoms with Crippen LogP contribution in [0.5, 0.6) is 5.75 Å². The van der Waals surface area contributed by atoms with Crippen LogP contribution in [0.25, 0.3) is 0 Å². The number of aliphatic hydroxyl groups is 1. The van der Waals surface area contributed by atoms with E-state index >= 15 is 0 Å². The second-order valence-corrected chi connectivity index (χ2v) is 6.44. The molecular formula is C21H23ClO5. The summed E-state index contributed by atoms with van der Waals surface area (Å²) in [5.74, 6) is 0.248. The Bertz CT molecular complexity index is 771. The second kappa shape index (κ2) is 10.8. The van der Waals surface area contributed by atoms with Crippen molar-refractivity contribution in [3.63, 3.8) is 0 Å². The van der Waals surface area contributed by atoms with Crippen LogP contribution < -0.4 is 4.74 Å². The molecule has 144 valence electrons. The maximum atomic E-state index is 12.7. The SMILES string of the molecule is COc1ccc(C(=O)CCCOCCO)cc1C(=O)Cc1ccc(Cl)cc1. The lowest BCUT2D eigenvalue weighted by molar-refractivity contribution is 0.0832. The number of rotatable bonds is 11. The van der Waals surface area contributed by atoms with Crippen molar-refractivity contribution in [2.75, 3.05) is 26.9 Å². The van der Waals surface area contributed by atoms with Gasteiger partial charge < -0.3 is 14.6 Å². The molecule has 1 N–H and O–H groups in total. The van der Waals surface area contributed by atoms with Gasteiger partial charge >= 0.3 is 0 Å². The Hall–Kier alpha value is -2.21. The van der Waals surface area contributed by atoms with Crippen molar-refractivity contribution >= 4 is 23.2 Å². The second-order valence-electron chi connectivity index (χ2n) is 6.00. The van der Waals surface area contributed by atoms with E-state index < -0.39 is 0 Å². The molecule has 0 amide bonds. The first-order valence-corrected chi connectivity index (χ1v) is 9.10. The van der Waals surface area contributed by atoms with E-state index in [-0.39, 0.29) is 31.2 Å². The molecule has 0 heterocycles. The van der Waals surface area contributed by atoms with Crippen LogP contribution in [0.3, 0.4) is 0 Å². The number of hydrogen-bond donors (Lipinski definition) is 1. The van der Waals surface area contributed by atoms with Crippen molar-refractivity contribution in [2.24, 2.45) is 0 Å². The van der Waals surface area contributed by atoms with Gasteiger partial charge in [-0.3, -0.25) is 9.59 Å². The molecule has 0 aliphatic rings. The number of carbonyl (C=O) groups excluding carboxylic acids is 2. The van der Waals surface area contributed by atoms with E-state index in [0.29, 0.717) is 41.3 Å². The van der Waals surface area contributed by atoms with Gasteiger partial charge in [0.05, 0.1) is 25.9 Å².